The van der Waals surface area contributed by atoms with Crippen LogP contribution in [0.4, 0.5) is 51.4 Å². The summed E-state index contributed by atoms with van der Waals surface area (Å²) in [6, 6.07) is 66.5. The summed E-state index contributed by atoms with van der Waals surface area (Å²) >= 11 is 0. The highest BCUT2D eigenvalue weighted by Gasteiger charge is 2.50. The highest BCUT2D eigenvalue weighted by Crippen LogP contribution is 2.55. The standard InChI is InChI=1S/C70H70BN3O/c1-66(2,3)46-31-34-58(52(39-46)45-23-15-12-16-24-45)74-61-42-50(72(47-25-17-13-18-26-47)48-27-19-14-20-28-48)41-60-64(61)71(63-51-29-21-22-30-62(51)75-65(63)74)57-43-55-56(70(10,11)38-37-69(55,8)9)44-59(57)73(60)49-32-33-53-54(40-49)68(6,7)36-35-67(53,4)5/h12-34,39-44H,35-38H2,1-11H3. The number of para-hydroxylation sites is 3. The Hall–Kier alpha value is -7.24. The van der Waals surface area contributed by atoms with Crippen molar-refractivity contribution in [2.24, 2.45) is 0 Å². The number of hydrogen-bond acceptors (Lipinski definition) is 4. The molecular formula is C70H70BN3O. The number of hydrogen-bond donors (Lipinski definition) is 0. The molecule has 13 rings (SSSR count). The van der Waals surface area contributed by atoms with Gasteiger partial charge in [-0.25, -0.2) is 0 Å². The Bertz CT molecular complexity index is 3690. The number of nitrogens with zero attached hydrogens (tertiary/aromatic N) is 3. The summed E-state index contributed by atoms with van der Waals surface area (Å²) < 4.78 is 7.48. The van der Waals surface area contributed by atoms with E-state index in [1.807, 2.05) is 0 Å². The first-order valence-electron chi connectivity index (χ1n) is 27.5. The smallest absolute Gasteiger partial charge is 0.257 e. The maximum atomic E-state index is 7.48. The van der Waals surface area contributed by atoms with Gasteiger partial charge in [-0.1, -0.05) is 179 Å². The first-order valence-corrected chi connectivity index (χ1v) is 27.5. The molecular weight excluding hydrogens is 910 g/mol. The third-order valence-corrected chi connectivity index (χ3v) is 18.1. The van der Waals surface area contributed by atoms with Crippen molar-refractivity contribution < 1.29 is 4.42 Å². The zero-order valence-electron chi connectivity index (χ0n) is 45.9. The van der Waals surface area contributed by atoms with Crippen molar-refractivity contribution in [2.45, 2.75) is 129 Å². The maximum absolute atomic E-state index is 7.48. The van der Waals surface area contributed by atoms with Crippen molar-refractivity contribution >= 4 is 85.5 Å². The summed E-state index contributed by atoms with van der Waals surface area (Å²) in [4.78, 5) is 7.64. The lowest BCUT2D eigenvalue weighted by atomic mass is 9.33. The average molecular weight is 980 g/mol. The molecule has 1 aromatic heterocycles. The van der Waals surface area contributed by atoms with Crippen LogP contribution in [0.25, 0.3) is 22.1 Å². The van der Waals surface area contributed by atoms with Gasteiger partial charge in [0.15, 0.2) is 0 Å². The van der Waals surface area contributed by atoms with Gasteiger partial charge in [0, 0.05) is 50.5 Å². The number of rotatable bonds is 6. The van der Waals surface area contributed by atoms with Gasteiger partial charge in [0.1, 0.15) is 5.58 Å². The van der Waals surface area contributed by atoms with Gasteiger partial charge in [-0.15, -0.1) is 0 Å². The highest BCUT2D eigenvalue weighted by molar-refractivity contribution is 7.01. The van der Waals surface area contributed by atoms with E-state index in [9.17, 15) is 0 Å². The summed E-state index contributed by atoms with van der Waals surface area (Å²) in [6.07, 6.45) is 4.58. The minimum Gasteiger partial charge on any atom is -0.440 e. The Balaban J connectivity index is 1.21. The van der Waals surface area contributed by atoms with Crippen LogP contribution in [0.2, 0.25) is 0 Å². The maximum Gasteiger partial charge on any atom is 0.257 e. The van der Waals surface area contributed by atoms with Gasteiger partial charge in [-0.2, -0.15) is 0 Å². The van der Waals surface area contributed by atoms with Crippen LogP contribution in [0, 0.1) is 0 Å². The molecule has 75 heavy (non-hydrogen) atoms. The molecule has 0 N–H and O–H groups in total. The number of furan rings is 1. The molecule has 0 saturated carbocycles. The van der Waals surface area contributed by atoms with Crippen LogP contribution in [-0.2, 0) is 27.1 Å². The lowest BCUT2D eigenvalue weighted by Gasteiger charge is -2.47. The Morgan fingerprint density at radius 3 is 1.60 bits per heavy atom. The number of benzene rings is 8. The zero-order chi connectivity index (χ0) is 52.0. The molecule has 374 valence electrons. The van der Waals surface area contributed by atoms with Crippen molar-refractivity contribution in [3.8, 4) is 11.1 Å². The van der Waals surface area contributed by atoms with Crippen LogP contribution in [0.5, 0.6) is 0 Å². The van der Waals surface area contributed by atoms with Crippen molar-refractivity contribution in [3.63, 3.8) is 0 Å². The number of anilines is 9. The molecule has 3 heterocycles. The summed E-state index contributed by atoms with van der Waals surface area (Å²) in [7, 11) is 0. The van der Waals surface area contributed by atoms with E-state index in [0.29, 0.717) is 0 Å². The molecule has 9 aromatic rings. The Labute approximate surface area is 446 Å². The van der Waals surface area contributed by atoms with Gasteiger partial charge in [-0.05, 0) is 170 Å². The quantitative estimate of drug-likeness (QED) is 0.155. The minimum absolute atomic E-state index is 0.00758. The van der Waals surface area contributed by atoms with Crippen LogP contribution in [-0.4, -0.2) is 6.71 Å². The van der Waals surface area contributed by atoms with E-state index in [1.54, 1.807) is 0 Å². The second kappa shape index (κ2) is 16.6. The first-order chi connectivity index (χ1) is 35.8. The third-order valence-electron chi connectivity index (χ3n) is 18.1. The van der Waals surface area contributed by atoms with Crippen molar-refractivity contribution in [2.75, 3.05) is 14.7 Å². The van der Waals surface area contributed by atoms with Crippen LogP contribution in [0.3, 0.4) is 0 Å². The fourth-order valence-corrected chi connectivity index (χ4v) is 13.5. The largest absolute Gasteiger partial charge is 0.440 e. The van der Waals surface area contributed by atoms with Crippen LogP contribution >= 0.6 is 0 Å². The molecule has 0 radical (unpaired) electrons. The van der Waals surface area contributed by atoms with Crippen molar-refractivity contribution in [1.29, 1.82) is 0 Å². The second-order valence-corrected chi connectivity index (χ2v) is 25.9. The van der Waals surface area contributed by atoms with E-state index in [-0.39, 0.29) is 33.8 Å². The fourth-order valence-electron chi connectivity index (χ4n) is 13.5. The molecule has 0 amide bonds. The first kappa shape index (κ1) is 47.5. The molecule has 5 heteroatoms. The average Bonchev–Trinajstić information content (AvgIpc) is 3.82. The molecule has 2 aliphatic heterocycles. The molecule has 0 saturated heterocycles. The van der Waals surface area contributed by atoms with Gasteiger partial charge in [0.2, 0.25) is 5.88 Å². The third kappa shape index (κ3) is 7.46. The molecule has 8 aromatic carbocycles. The molecule has 0 atom stereocenters. The van der Waals surface area contributed by atoms with Gasteiger partial charge in [0.25, 0.3) is 6.71 Å². The molecule has 0 spiro atoms. The predicted molar refractivity (Wildman–Crippen MR) is 320 cm³/mol. The fraction of sp³-hybridized carbons (Fsp3) is 0.286. The molecule has 4 aliphatic rings. The van der Waals surface area contributed by atoms with E-state index in [0.717, 1.165) is 64.6 Å². The summed E-state index contributed by atoms with van der Waals surface area (Å²) in [5, 5.41) is 1.15. The monoisotopic (exact) mass is 980 g/mol. The topological polar surface area (TPSA) is 22.9 Å². The predicted octanol–water partition coefficient (Wildman–Crippen LogP) is 17.6. The van der Waals surface area contributed by atoms with Crippen molar-refractivity contribution in [1.82, 2.24) is 0 Å². The van der Waals surface area contributed by atoms with Crippen molar-refractivity contribution in [3.05, 3.63) is 204 Å². The van der Waals surface area contributed by atoms with Gasteiger partial charge >= 0.3 is 0 Å². The molecule has 0 fully saturated rings. The number of fused-ring (bicyclic) bond motifs is 8. The van der Waals surface area contributed by atoms with E-state index in [4.69, 9.17) is 4.42 Å². The van der Waals surface area contributed by atoms with E-state index in [1.165, 1.54) is 78.8 Å². The highest BCUT2D eigenvalue weighted by atomic mass is 16.4. The summed E-state index contributed by atoms with van der Waals surface area (Å²) in [6.45, 7) is 26.5. The normalized spacial score (nSPS) is 17.4. The van der Waals surface area contributed by atoms with Gasteiger partial charge in [-0.3, -0.25) is 4.90 Å². The van der Waals surface area contributed by atoms with Crippen LogP contribution < -0.4 is 31.1 Å². The van der Waals surface area contributed by atoms with E-state index >= 15 is 0 Å². The Kier molecular flexibility index (Phi) is 10.5. The SMILES string of the molecule is CC(C)(C)c1ccc(N2c3cc(N(c4ccccc4)c4ccccc4)cc4c3B(c3cc5c(cc3N4c3ccc4c(c3)C(C)(C)CCC4(C)C)C(C)(C)CCC5(C)C)c3c2oc2ccccc32)c(-c2ccccc2)c1. The van der Waals surface area contributed by atoms with E-state index in [2.05, 4.69) is 267 Å². The molecule has 2 aliphatic carbocycles. The molecule has 4 nitrogen and oxygen atoms in total. The second-order valence-electron chi connectivity index (χ2n) is 25.9. The Morgan fingerprint density at radius 1 is 0.453 bits per heavy atom. The zero-order valence-corrected chi connectivity index (χ0v) is 45.9. The van der Waals surface area contributed by atoms with Gasteiger partial charge < -0.3 is 14.2 Å². The molecule has 0 bridgehead atoms. The van der Waals surface area contributed by atoms with E-state index < -0.39 is 0 Å². The minimum atomic E-state index is -0.139. The lowest BCUT2D eigenvalue weighted by molar-refractivity contribution is 0.332. The van der Waals surface area contributed by atoms with Crippen LogP contribution in [0.15, 0.2) is 180 Å². The summed E-state index contributed by atoms with van der Waals surface area (Å²) in [5.41, 5.74) is 23.3. The molecule has 0 unspecified atom stereocenters. The van der Waals surface area contributed by atoms with Gasteiger partial charge in [0.05, 0.1) is 11.4 Å². The summed E-state index contributed by atoms with van der Waals surface area (Å²) in [5.74, 6) is 0.873. The van der Waals surface area contributed by atoms with Crippen LogP contribution in [0.1, 0.15) is 130 Å². The lowest BCUT2D eigenvalue weighted by Crippen LogP contribution is -2.61. The Morgan fingerprint density at radius 2 is 0.987 bits per heavy atom.